The molecule has 0 heterocycles. The number of fused-ring (bicyclic) bond motifs is 7. The van der Waals surface area contributed by atoms with Gasteiger partial charge in [-0.1, -0.05) is 72.3 Å². The zero-order valence-corrected chi connectivity index (χ0v) is 22.3. The largest absolute Gasteiger partial charge is 0.481 e. The normalized spacial score (nSPS) is 53.0. The lowest BCUT2D eigenvalue weighted by Gasteiger charge is -2.71. The van der Waals surface area contributed by atoms with Gasteiger partial charge in [0.2, 0.25) is 0 Å². The minimum Gasteiger partial charge on any atom is -0.481 e. The summed E-state index contributed by atoms with van der Waals surface area (Å²) in [7, 11) is 0. The van der Waals surface area contributed by atoms with E-state index in [9.17, 15) is 20.1 Å². The molecule has 0 amide bonds. The Labute approximate surface area is 205 Å². The zero-order chi connectivity index (χ0) is 25.1. The summed E-state index contributed by atoms with van der Waals surface area (Å²) in [4.78, 5) is 12.8. The Morgan fingerprint density at radius 1 is 0.941 bits per heavy atom. The summed E-state index contributed by atoms with van der Waals surface area (Å²) in [6, 6.07) is 0. The average Bonchev–Trinajstić information content (AvgIpc) is 2.72. The van der Waals surface area contributed by atoms with Crippen molar-refractivity contribution in [2.24, 2.45) is 50.2 Å². The van der Waals surface area contributed by atoms with E-state index in [1.54, 1.807) is 0 Å². The van der Waals surface area contributed by atoms with E-state index in [0.29, 0.717) is 12.3 Å². The number of carbonyl (C=O) groups is 1. The first-order chi connectivity index (χ1) is 15.6. The minimum absolute atomic E-state index is 0.0294. The van der Waals surface area contributed by atoms with Crippen molar-refractivity contribution in [3.05, 3.63) is 23.8 Å². The number of hydrogen-bond donors (Lipinski definition) is 3. The number of carboxylic acid groups (broad SMARTS) is 1. The molecule has 3 saturated carbocycles. The van der Waals surface area contributed by atoms with Crippen LogP contribution >= 0.6 is 0 Å². The molecule has 4 heteroatoms. The molecule has 3 fully saturated rings. The highest BCUT2D eigenvalue weighted by atomic mass is 16.4. The smallest absolute Gasteiger partial charge is 0.310 e. The summed E-state index contributed by atoms with van der Waals surface area (Å²) >= 11 is 0. The molecular formula is C30H46O4. The topological polar surface area (TPSA) is 77.8 Å². The third-order valence-corrected chi connectivity index (χ3v) is 12.4. The van der Waals surface area contributed by atoms with Crippen molar-refractivity contribution in [2.45, 2.75) is 106 Å². The second-order valence-corrected chi connectivity index (χ2v) is 14.8. The Balaban J connectivity index is 1.68. The molecule has 0 aliphatic heterocycles. The van der Waals surface area contributed by atoms with Crippen LogP contribution in [0.3, 0.4) is 0 Å². The summed E-state index contributed by atoms with van der Waals surface area (Å²) < 4.78 is 0. The standard InChI is InChI=1S/C30H46O4/c1-25(2)12-14-30(24(33)34)15-13-27(5)18(19(30)17-25)16-20(31)23-28(27,6)11-8-21-26(3,4)10-9-22(32)29(21,23)7/h9-10,16,19-23,31-32H,8,11-15,17H2,1-7H3,(H,33,34)/t19?,20?,21?,22?,23-,27+,28+,29+,30-/m0/s1. The maximum Gasteiger partial charge on any atom is 0.310 e. The maximum atomic E-state index is 12.8. The van der Waals surface area contributed by atoms with Gasteiger partial charge in [0.05, 0.1) is 17.6 Å². The van der Waals surface area contributed by atoms with Gasteiger partial charge in [0.15, 0.2) is 0 Å². The molecule has 0 saturated heterocycles. The van der Waals surface area contributed by atoms with Crippen LogP contribution in [0.1, 0.15) is 93.4 Å². The van der Waals surface area contributed by atoms with Crippen molar-refractivity contribution < 1.29 is 20.1 Å². The van der Waals surface area contributed by atoms with E-state index in [-0.39, 0.29) is 33.5 Å². The van der Waals surface area contributed by atoms with Gasteiger partial charge in [-0.3, -0.25) is 4.79 Å². The Bertz CT molecular complexity index is 961. The van der Waals surface area contributed by atoms with E-state index in [2.05, 4.69) is 60.6 Å². The van der Waals surface area contributed by atoms with Gasteiger partial charge in [-0.05, 0) is 78.4 Å². The van der Waals surface area contributed by atoms with Crippen molar-refractivity contribution in [3.63, 3.8) is 0 Å². The van der Waals surface area contributed by atoms with Crippen LogP contribution in [-0.4, -0.2) is 33.5 Å². The molecule has 0 aromatic rings. The number of aliphatic hydroxyl groups excluding tert-OH is 2. The minimum atomic E-state index is -0.708. The SMILES string of the molecule is CC1(C)CC[C@]2(C(=O)O)CC[C@]3(C)C(=CC(O)[C@@H]4[C@@]5(C)C(O)C=CC(C)(C)C5CC[C@]43C)C2C1. The highest BCUT2D eigenvalue weighted by Crippen LogP contribution is 2.75. The van der Waals surface area contributed by atoms with Crippen LogP contribution in [0.2, 0.25) is 0 Å². The fraction of sp³-hybridized carbons (Fsp3) is 0.833. The van der Waals surface area contributed by atoms with E-state index >= 15 is 0 Å². The second kappa shape index (κ2) is 7.00. The van der Waals surface area contributed by atoms with Crippen LogP contribution in [0.5, 0.6) is 0 Å². The van der Waals surface area contributed by atoms with E-state index < -0.39 is 29.0 Å². The van der Waals surface area contributed by atoms with Gasteiger partial charge in [-0.15, -0.1) is 0 Å². The van der Waals surface area contributed by atoms with Crippen LogP contribution in [0.4, 0.5) is 0 Å². The number of aliphatic hydroxyl groups is 2. The summed E-state index contributed by atoms with van der Waals surface area (Å²) in [5, 5.41) is 33.8. The van der Waals surface area contributed by atoms with E-state index in [0.717, 1.165) is 38.5 Å². The van der Waals surface area contributed by atoms with Crippen LogP contribution in [0, 0.1) is 50.2 Å². The molecule has 9 atom stereocenters. The molecule has 190 valence electrons. The van der Waals surface area contributed by atoms with Crippen molar-refractivity contribution in [3.8, 4) is 0 Å². The van der Waals surface area contributed by atoms with Crippen molar-refractivity contribution in [2.75, 3.05) is 0 Å². The molecule has 0 aromatic heterocycles. The van der Waals surface area contributed by atoms with E-state index in [1.807, 2.05) is 6.08 Å². The molecule has 34 heavy (non-hydrogen) atoms. The fourth-order valence-corrected chi connectivity index (χ4v) is 10.3. The van der Waals surface area contributed by atoms with E-state index in [1.165, 1.54) is 5.57 Å². The lowest BCUT2D eigenvalue weighted by Crippen LogP contribution is -2.68. The molecule has 5 aliphatic rings. The summed E-state index contributed by atoms with van der Waals surface area (Å²) in [5.74, 6) is -0.455. The van der Waals surface area contributed by atoms with Crippen LogP contribution in [0.15, 0.2) is 23.8 Å². The first kappa shape index (κ1) is 24.6. The van der Waals surface area contributed by atoms with Gasteiger partial charge in [-0.25, -0.2) is 0 Å². The molecule has 4 nitrogen and oxygen atoms in total. The number of aliphatic carboxylic acids is 1. The number of rotatable bonds is 1. The molecule has 0 bridgehead atoms. The van der Waals surface area contributed by atoms with Gasteiger partial charge in [0.1, 0.15) is 0 Å². The van der Waals surface area contributed by atoms with Gasteiger partial charge in [-0.2, -0.15) is 0 Å². The van der Waals surface area contributed by atoms with Crippen LogP contribution in [-0.2, 0) is 4.79 Å². The number of allylic oxidation sites excluding steroid dienone is 2. The first-order valence-electron chi connectivity index (χ1n) is 13.6. The first-order valence-corrected chi connectivity index (χ1v) is 13.6. The van der Waals surface area contributed by atoms with Crippen molar-refractivity contribution >= 4 is 5.97 Å². The molecule has 0 spiro atoms. The van der Waals surface area contributed by atoms with Crippen LogP contribution < -0.4 is 0 Å². The maximum absolute atomic E-state index is 12.8. The van der Waals surface area contributed by atoms with Gasteiger partial charge in [0, 0.05) is 11.3 Å². The molecule has 4 unspecified atom stereocenters. The molecule has 0 radical (unpaired) electrons. The molecular weight excluding hydrogens is 424 g/mol. The quantitative estimate of drug-likeness (QED) is 0.412. The molecule has 5 rings (SSSR count). The van der Waals surface area contributed by atoms with Crippen molar-refractivity contribution in [1.82, 2.24) is 0 Å². The summed E-state index contributed by atoms with van der Waals surface area (Å²) in [5.41, 5.74) is -0.226. The zero-order valence-electron chi connectivity index (χ0n) is 22.3. The summed E-state index contributed by atoms with van der Waals surface area (Å²) in [6.07, 6.45) is 11.1. The Morgan fingerprint density at radius 3 is 2.24 bits per heavy atom. The van der Waals surface area contributed by atoms with Crippen molar-refractivity contribution in [1.29, 1.82) is 0 Å². The van der Waals surface area contributed by atoms with Gasteiger partial charge in [0.25, 0.3) is 0 Å². The van der Waals surface area contributed by atoms with Gasteiger partial charge >= 0.3 is 5.97 Å². The Hall–Kier alpha value is -1.13. The molecule has 3 N–H and O–H groups in total. The summed E-state index contributed by atoms with van der Waals surface area (Å²) in [6.45, 7) is 16.0. The van der Waals surface area contributed by atoms with Crippen LogP contribution in [0.25, 0.3) is 0 Å². The third kappa shape index (κ3) is 2.82. The highest BCUT2D eigenvalue weighted by molar-refractivity contribution is 5.76. The average molecular weight is 471 g/mol. The lowest BCUT2D eigenvalue weighted by molar-refractivity contribution is -0.218. The predicted octanol–water partition coefficient (Wildman–Crippen LogP) is 5.98. The molecule has 0 aromatic carbocycles. The predicted molar refractivity (Wildman–Crippen MR) is 134 cm³/mol. The second-order valence-electron chi connectivity index (χ2n) is 14.8. The Morgan fingerprint density at radius 2 is 1.59 bits per heavy atom. The lowest BCUT2D eigenvalue weighted by atomic mass is 9.33. The van der Waals surface area contributed by atoms with Gasteiger partial charge < -0.3 is 15.3 Å². The number of carboxylic acids is 1. The molecule has 5 aliphatic carbocycles. The number of hydrogen-bond acceptors (Lipinski definition) is 3. The third-order valence-electron chi connectivity index (χ3n) is 12.4. The fourth-order valence-electron chi connectivity index (χ4n) is 10.3. The monoisotopic (exact) mass is 470 g/mol. The Kier molecular flexibility index (Phi) is 5.06. The highest BCUT2D eigenvalue weighted by Gasteiger charge is 2.71. The van der Waals surface area contributed by atoms with E-state index in [4.69, 9.17) is 0 Å².